The molecule has 0 saturated heterocycles. The van der Waals surface area contributed by atoms with E-state index in [1.165, 1.54) is 11.8 Å². The van der Waals surface area contributed by atoms with Crippen molar-refractivity contribution in [3.63, 3.8) is 0 Å². The molecule has 4 rings (SSSR count). The molecule has 1 aromatic carbocycles. The number of rotatable bonds is 9. The zero-order chi connectivity index (χ0) is 20.9. The van der Waals surface area contributed by atoms with E-state index in [4.69, 9.17) is 13.3 Å². The van der Waals surface area contributed by atoms with E-state index in [1.807, 2.05) is 43.3 Å². The summed E-state index contributed by atoms with van der Waals surface area (Å²) in [6, 6.07) is 11.3. The smallest absolute Gasteiger partial charge is 0.172 e. The van der Waals surface area contributed by atoms with Crippen molar-refractivity contribution in [3.05, 3.63) is 78.0 Å². The van der Waals surface area contributed by atoms with Crippen molar-refractivity contribution in [2.75, 3.05) is 0 Å². The fourth-order valence-electron chi connectivity index (χ4n) is 2.83. The molecule has 2 N–H and O–H groups in total. The molecule has 0 bridgehead atoms. The Hall–Kier alpha value is -2.29. The quantitative estimate of drug-likeness (QED) is 0.203. The Morgan fingerprint density at radius 1 is 0.633 bits per heavy atom. The molecule has 0 atom stereocenters. The molecule has 0 spiro atoms. The summed E-state index contributed by atoms with van der Waals surface area (Å²) in [5.41, 5.74) is 0.647. The topological polar surface area (TPSA) is 79.9 Å². The van der Waals surface area contributed by atoms with E-state index in [0.717, 1.165) is 27.1 Å². The maximum atomic E-state index is 10.8. The summed E-state index contributed by atoms with van der Waals surface area (Å²) in [6.07, 6.45) is 4.92. The third-order valence-corrected chi connectivity index (χ3v) is 8.09. The number of hydrogen-bond acceptors (Lipinski definition) is 8. The molecule has 156 valence electrons. The first-order valence-electron chi connectivity index (χ1n) is 9.17. The zero-order valence-corrected chi connectivity index (χ0v) is 18.6. The zero-order valence-electron chi connectivity index (χ0n) is 16.2. The summed E-state index contributed by atoms with van der Waals surface area (Å²) in [7, 11) is 0. The van der Waals surface area contributed by atoms with Crippen LogP contribution in [0.25, 0.3) is 0 Å². The number of thioether (sulfide) groups is 3. The minimum absolute atomic E-state index is 0.0961. The van der Waals surface area contributed by atoms with Crippen LogP contribution in [0.5, 0.6) is 11.5 Å². The number of furan rings is 3. The van der Waals surface area contributed by atoms with Gasteiger partial charge in [-0.25, -0.2) is 0 Å². The number of benzene rings is 1. The van der Waals surface area contributed by atoms with Crippen LogP contribution in [0.3, 0.4) is 0 Å². The van der Waals surface area contributed by atoms with Gasteiger partial charge in [0.15, 0.2) is 11.5 Å². The van der Waals surface area contributed by atoms with Crippen LogP contribution in [0.4, 0.5) is 0 Å². The summed E-state index contributed by atoms with van der Waals surface area (Å²) in [4.78, 5) is 2.46. The number of hydrogen-bond donors (Lipinski definition) is 2. The summed E-state index contributed by atoms with van der Waals surface area (Å²) in [6.45, 7) is 1.82. The molecule has 0 radical (unpaired) electrons. The predicted octanol–water partition coefficient (Wildman–Crippen LogP) is 7.06. The highest BCUT2D eigenvalue weighted by molar-refractivity contribution is 8.03. The Kier molecular flexibility index (Phi) is 6.76. The summed E-state index contributed by atoms with van der Waals surface area (Å²) >= 11 is 4.59. The Morgan fingerprint density at radius 2 is 1.07 bits per heavy atom. The van der Waals surface area contributed by atoms with Gasteiger partial charge in [-0.2, -0.15) is 0 Å². The maximum absolute atomic E-state index is 10.8. The van der Waals surface area contributed by atoms with E-state index in [2.05, 4.69) is 0 Å². The molecule has 3 aromatic heterocycles. The molecule has 5 nitrogen and oxygen atoms in total. The molecule has 4 aromatic rings. The second-order valence-electron chi connectivity index (χ2n) is 6.41. The van der Waals surface area contributed by atoms with Gasteiger partial charge in [-0.15, -0.1) is 35.3 Å². The number of phenolic OH excluding ortho intramolecular Hbond substituents is 2. The first-order valence-corrected chi connectivity index (χ1v) is 12.1. The van der Waals surface area contributed by atoms with Crippen LogP contribution in [0.1, 0.15) is 22.8 Å². The fourth-order valence-corrected chi connectivity index (χ4v) is 6.48. The van der Waals surface area contributed by atoms with Gasteiger partial charge in [0.05, 0.1) is 40.9 Å². The van der Waals surface area contributed by atoms with Gasteiger partial charge >= 0.3 is 0 Å². The van der Waals surface area contributed by atoms with Crippen molar-refractivity contribution in [3.8, 4) is 11.5 Å². The van der Waals surface area contributed by atoms with Gasteiger partial charge in [0.1, 0.15) is 17.3 Å². The summed E-state index contributed by atoms with van der Waals surface area (Å²) < 4.78 is 16.4. The predicted molar refractivity (Wildman–Crippen MR) is 119 cm³/mol. The highest BCUT2D eigenvalue weighted by Crippen LogP contribution is 2.52. The van der Waals surface area contributed by atoms with Gasteiger partial charge in [0.2, 0.25) is 0 Å². The van der Waals surface area contributed by atoms with Gasteiger partial charge in [-0.1, -0.05) is 0 Å². The van der Waals surface area contributed by atoms with Gasteiger partial charge in [-0.05, 0) is 43.3 Å². The van der Waals surface area contributed by atoms with Crippen LogP contribution < -0.4 is 0 Å². The molecule has 0 aliphatic heterocycles. The summed E-state index contributed by atoms with van der Waals surface area (Å²) in [5, 5.41) is 21.4. The molecule has 0 unspecified atom stereocenters. The van der Waals surface area contributed by atoms with Crippen molar-refractivity contribution in [1.29, 1.82) is 0 Å². The maximum Gasteiger partial charge on any atom is 0.172 e. The molecule has 0 fully saturated rings. The van der Waals surface area contributed by atoms with E-state index < -0.39 is 0 Å². The van der Waals surface area contributed by atoms with E-state index in [-0.39, 0.29) is 11.5 Å². The van der Waals surface area contributed by atoms with E-state index in [9.17, 15) is 10.2 Å². The molecular weight excluding hydrogens is 440 g/mol. The number of aromatic hydroxyl groups is 2. The largest absolute Gasteiger partial charge is 0.504 e. The number of phenols is 2. The Morgan fingerprint density at radius 3 is 1.50 bits per heavy atom. The van der Waals surface area contributed by atoms with Crippen LogP contribution in [0.2, 0.25) is 0 Å². The van der Waals surface area contributed by atoms with E-state index >= 15 is 0 Å². The SMILES string of the molecule is Cc1c(O)c(O)c(SCc2ccco2)c(SCc2ccco2)c1SCc1ccco1. The average molecular weight is 461 g/mol. The van der Waals surface area contributed by atoms with Gasteiger partial charge in [0.25, 0.3) is 0 Å². The monoisotopic (exact) mass is 460 g/mol. The molecule has 0 saturated carbocycles. The van der Waals surface area contributed by atoms with Gasteiger partial charge in [-0.3, -0.25) is 0 Å². The lowest BCUT2D eigenvalue weighted by atomic mass is 10.2. The van der Waals surface area contributed by atoms with Crippen LogP contribution in [0, 0.1) is 6.92 Å². The van der Waals surface area contributed by atoms with Crippen LogP contribution in [0.15, 0.2) is 83.1 Å². The van der Waals surface area contributed by atoms with Crippen molar-refractivity contribution in [1.82, 2.24) is 0 Å². The Bertz CT molecular complexity index is 1010. The van der Waals surface area contributed by atoms with Crippen LogP contribution in [-0.4, -0.2) is 10.2 Å². The minimum atomic E-state index is -0.103. The van der Waals surface area contributed by atoms with Crippen LogP contribution >= 0.6 is 35.3 Å². The standard InChI is InChI=1S/C22H20O5S3/c1-14-18(23)19(24)21(29-12-16-6-3-9-26-16)22(30-13-17-7-4-10-27-17)20(14)28-11-15-5-2-8-25-15/h2-10,23-24H,11-13H2,1H3. The summed E-state index contributed by atoms with van der Waals surface area (Å²) in [5.74, 6) is 4.06. The molecular formula is C22H20O5S3. The molecule has 8 heteroatoms. The van der Waals surface area contributed by atoms with Crippen molar-refractivity contribution >= 4 is 35.3 Å². The lowest BCUT2D eigenvalue weighted by molar-refractivity contribution is 0.387. The fraction of sp³-hybridized carbons (Fsp3) is 0.182. The normalized spacial score (nSPS) is 11.2. The van der Waals surface area contributed by atoms with Crippen molar-refractivity contribution in [2.45, 2.75) is 38.9 Å². The first kappa shape index (κ1) is 21.0. The first-order chi connectivity index (χ1) is 14.6. The molecule has 0 amide bonds. The highest BCUT2D eigenvalue weighted by Gasteiger charge is 2.23. The van der Waals surface area contributed by atoms with E-state index in [1.54, 1.807) is 42.3 Å². The second kappa shape index (κ2) is 9.68. The highest BCUT2D eigenvalue weighted by atomic mass is 32.2. The lowest BCUT2D eigenvalue weighted by Gasteiger charge is -2.19. The molecule has 3 heterocycles. The van der Waals surface area contributed by atoms with E-state index in [0.29, 0.717) is 27.7 Å². The third-order valence-electron chi connectivity index (χ3n) is 4.36. The minimum Gasteiger partial charge on any atom is -0.504 e. The molecule has 0 aliphatic carbocycles. The van der Waals surface area contributed by atoms with Crippen molar-refractivity contribution < 1.29 is 23.5 Å². The Labute approximate surface area is 186 Å². The van der Waals surface area contributed by atoms with Gasteiger partial charge < -0.3 is 23.5 Å². The Balaban J connectivity index is 1.68. The van der Waals surface area contributed by atoms with Crippen LogP contribution in [-0.2, 0) is 17.3 Å². The molecule has 0 aliphatic rings. The molecule has 30 heavy (non-hydrogen) atoms. The second-order valence-corrected chi connectivity index (χ2v) is 9.37. The van der Waals surface area contributed by atoms with Crippen molar-refractivity contribution in [2.24, 2.45) is 0 Å². The average Bonchev–Trinajstić information content (AvgIpc) is 3.53. The third kappa shape index (κ3) is 4.71. The lowest BCUT2D eigenvalue weighted by Crippen LogP contribution is -1.93. The van der Waals surface area contributed by atoms with Gasteiger partial charge in [0, 0.05) is 15.4 Å².